The molecule has 1 aliphatic heterocycles. The lowest BCUT2D eigenvalue weighted by Gasteiger charge is -2.52. The number of alkyl halides is 1. The molecule has 0 N–H and O–H groups in total. The molecular weight excluding hydrogens is 394 g/mol. The van der Waals surface area contributed by atoms with Crippen LogP contribution in [0.3, 0.4) is 0 Å². The third-order valence-corrected chi connectivity index (χ3v) is 5.26. The average Bonchev–Trinajstić information content (AvgIpc) is 2.52. The molecule has 0 bridgehead atoms. The predicted molar refractivity (Wildman–Crippen MR) is 108 cm³/mol. The summed E-state index contributed by atoms with van der Waals surface area (Å²) in [6, 6.07) is 9.97. The maximum Gasteiger partial charge on any atom is 0.322 e. The van der Waals surface area contributed by atoms with Crippen molar-refractivity contribution in [3.63, 3.8) is 0 Å². The van der Waals surface area contributed by atoms with Crippen LogP contribution in [0.5, 0.6) is 0 Å². The molecule has 1 aliphatic rings. The fraction of sp³-hybridized carbons (Fsp3) is 0.667. The molecule has 0 radical (unpaired) electrons. The predicted octanol–water partition coefficient (Wildman–Crippen LogP) is 5.42. The second-order valence-electron chi connectivity index (χ2n) is 8.85. The smallest absolute Gasteiger partial charge is 0.322 e. The van der Waals surface area contributed by atoms with E-state index in [4.69, 9.17) is 9.57 Å². The van der Waals surface area contributed by atoms with Crippen molar-refractivity contribution < 1.29 is 14.4 Å². The Hall–Kier alpha value is -0.910. The molecular formula is C21H32BrNO3. The van der Waals surface area contributed by atoms with Crippen LogP contribution in [0.2, 0.25) is 0 Å². The van der Waals surface area contributed by atoms with E-state index in [9.17, 15) is 4.79 Å². The molecule has 1 atom stereocenters. The van der Waals surface area contributed by atoms with Crippen molar-refractivity contribution in [3.8, 4) is 0 Å². The molecule has 2 rings (SSSR count). The summed E-state index contributed by atoms with van der Waals surface area (Å²) in [4.78, 5) is 18.7. The van der Waals surface area contributed by atoms with E-state index in [1.165, 1.54) is 6.42 Å². The number of hydrogen-bond donors (Lipinski definition) is 0. The normalized spacial score (nSPS) is 21.2. The van der Waals surface area contributed by atoms with E-state index in [0.717, 1.165) is 18.4 Å². The first-order chi connectivity index (χ1) is 11.9. The fourth-order valence-corrected chi connectivity index (χ4v) is 3.68. The van der Waals surface area contributed by atoms with Crippen LogP contribution < -0.4 is 0 Å². The number of benzene rings is 1. The van der Waals surface area contributed by atoms with Gasteiger partial charge in [-0.25, -0.2) is 0 Å². The number of carbonyl (C=O) groups excluding carboxylic acids is 1. The van der Waals surface area contributed by atoms with Gasteiger partial charge in [-0.2, -0.15) is 5.06 Å². The molecule has 146 valence electrons. The highest BCUT2D eigenvalue weighted by Gasteiger charge is 2.44. The zero-order chi connectivity index (χ0) is 19.6. The lowest BCUT2D eigenvalue weighted by molar-refractivity contribution is -0.311. The zero-order valence-electron chi connectivity index (χ0n) is 16.8. The van der Waals surface area contributed by atoms with Gasteiger partial charge in [0.15, 0.2) is 0 Å². The van der Waals surface area contributed by atoms with Gasteiger partial charge in [0.05, 0.1) is 0 Å². The molecule has 0 amide bonds. The number of nitrogens with zero attached hydrogens (tertiary/aromatic N) is 1. The number of esters is 1. The first-order valence-electron chi connectivity index (χ1n) is 9.32. The molecule has 1 aromatic rings. The summed E-state index contributed by atoms with van der Waals surface area (Å²) in [5.74, 6) is -0.292. The Balaban J connectivity index is 2.22. The van der Waals surface area contributed by atoms with Gasteiger partial charge in [-0.3, -0.25) is 9.63 Å². The standard InChI is InChI=1S/C21H32BrNO3/c1-19(2)13-10-14-20(3,4)23(19)26-17(16-11-8-7-9-12-16)15-25-18(24)21(5,6)22/h7-9,11-12,17H,10,13-15H2,1-6H3. The van der Waals surface area contributed by atoms with E-state index < -0.39 is 4.32 Å². The summed E-state index contributed by atoms with van der Waals surface area (Å²) in [7, 11) is 0. The Morgan fingerprint density at radius 1 is 1.15 bits per heavy atom. The highest BCUT2D eigenvalue weighted by Crippen LogP contribution is 2.40. The average molecular weight is 426 g/mol. The minimum Gasteiger partial charge on any atom is -0.461 e. The van der Waals surface area contributed by atoms with Crippen molar-refractivity contribution in [2.45, 2.75) is 82.3 Å². The van der Waals surface area contributed by atoms with Crippen LogP contribution in [0.4, 0.5) is 0 Å². The number of rotatable bonds is 6. The number of hydroxylamine groups is 2. The Morgan fingerprint density at radius 2 is 1.69 bits per heavy atom. The third kappa shape index (κ3) is 5.30. The molecule has 1 heterocycles. The molecule has 1 fully saturated rings. The minimum atomic E-state index is -0.710. The van der Waals surface area contributed by atoms with E-state index >= 15 is 0 Å². The lowest BCUT2D eigenvalue weighted by Crippen LogP contribution is -2.58. The quantitative estimate of drug-likeness (QED) is 0.450. The van der Waals surface area contributed by atoms with Crippen molar-refractivity contribution in [2.24, 2.45) is 0 Å². The largest absolute Gasteiger partial charge is 0.461 e. The van der Waals surface area contributed by atoms with Gasteiger partial charge in [0.2, 0.25) is 0 Å². The Kier molecular flexibility index (Phi) is 6.57. The van der Waals surface area contributed by atoms with E-state index in [1.807, 2.05) is 30.3 Å². The molecule has 0 saturated carbocycles. The molecule has 1 saturated heterocycles. The molecule has 1 aromatic carbocycles. The molecule has 1 unspecified atom stereocenters. The Morgan fingerprint density at radius 3 is 2.19 bits per heavy atom. The van der Waals surface area contributed by atoms with Crippen LogP contribution in [0.15, 0.2) is 30.3 Å². The lowest BCUT2D eigenvalue weighted by atomic mass is 9.82. The second kappa shape index (κ2) is 7.99. The third-order valence-electron chi connectivity index (χ3n) is 4.93. The van der Waals surface area contributed by atoms with Crippen molar-refractivity contribution in [1.29, 1.82) is 0 Å². The number of carbonyl (C=O) groups is 1. The maximum atomic E-state index is 12.2. The van der Waals surface area contributed by atoms with Crippen LogP contribution in [-0.4, -0.2) is 33.0 Å². The Bertz CT molecular complexity index is 591. The summed E-state index contributed by atoms with van der Waals surface area (Å²) >= 11 is 3.36. The number of hydrogen-bond acceptors (Lipinski definition) is 4. The van der Waals surface area contributed by atoms with Crippen LogP contribution in [0.1, 0.15) is 72.5 Å². The van der Waals surface area contributed by atoms with Gasteiger partial charge in [-0.05, 0) is 66.4 Å². The summed E-state index contributed by atoms with van der Waals surface area (Å²) in [5.41, 5.74) is 0.853. The van der Waals surface area contributed by atoms with Gasteiger partial charge >= 0.3 is 5.97 Å². The van der Waals surface area contributed by atoms with E-state index in [0.29, 0.717) is 0 Å². The monoisotopic (exact) mass is 425 g/mol. The summed E-state index contributed by atoms with van der Waals surface area (Å²) in [6.45, 7) is 12.6. The highest BCUT2D eigenvalue weighted by atomic mass is 79.9. The topological polar surface area (TPSA) is 38.8 Å². The molecule has 0 aliphatic carbocycles. The van der Waals surface area contributed by atoms with Crippen LogP contribution in [0.25, 0.3) is 0 Å². The number of ether oxygens (including phenoxy) is 1. The first kappa shape index (κ1) is 21.4. The molecule has 4 nitrogen and oxygen atoms in total. The zero-order valence-corrected chi connectivity index (χ0v) is 18.4. The summed E-state index contributed by atoms with van der Waals surface area (Å²) in [6.07, 6.45) is 2.99. The van der Waals surface area contributed by atoms with Gasteiger partial charge in [-0.15, -0.1) is 0 Å². The van der Waals surface area contributed by atoms with Crippen molar-refractivity contribution >= 4 is 21.9 Å². The number of halogens is 1. The summed E-state index contributed by atoms with van der Waals surface area (Å²) in [5, 5.41) is 2.12. The van der Waals surface area contributed by atoms with Gasteiger partial charge in [0, 0.05) is 11.1 Å². The van der Waals surface area contributed by atoms with Gasteiger partial charge in [0.25, 0.3) is 0 Å². The van der Waals surface area contributed by atoms with Crippen LogP contribution in [-0.2, 0) is 14.4 Å². The molecule has 0 aromatic heterocycles. The maximum absolute atomic E-state index is 12.2. The van der Waals surface area contributed by atoms with E-state index in [2.05, 4.69) is 48.7 Å². The molecule has 26 heavy (non-hydrogen) atoms. The fourth-order valence-electron chi connectivity index (χ4n) is 3.57. The van der Waals surface area contributed by atoms with Gasteiger partial charge in [-0.1, -0.05) is 46.3 Å². The minimum absolute atomic E-state index is 0.0759. The van der Waals surface area contributed by atoms with Gasteiger partial charge < -0.3 is 4.74 Å². The number of piperidine rings is 1. The second-order valence-corrected chi connectivity index (χ2v) is 10.8. The van der Waals surface area contributed by atoms with Gasteiger partial charge in [0.1, 0.15) is 17.0 Å². The molecule has 5 heteroatoms. The highest BCUT2D eigenvalue weighted by molar-refractivity contribution is 9.10. The van der Waals surface area contributed by atoms with Crippen LogP contribution >= 0.6 is 15.9 Å². The van der Waals surface area contributed by atoms with Crippen molar-refractivity contribution in [3.05, 3.63) is 35.9 Å². The first-order valence-corrected chi connectivity index (χ1v) is 10.1. The molecule has 0 spiro atoms. The van der Waals surface area contributed by atoms with Crippen molar-refractivity contribution in [1.82, 2.24) is 5.06 Å². The van der Waals surface area contributed by atoms with Crippen molar-refractivity contribution in [2.75, 3.05) is 6.61 Å². The van der Waals surface area contributed by atoms with Crippen LogP contribution in [0, 0.1) is 0 Å². The van der Waals surface area contributed by atoms with E-state index in [1.54, 1.807) is 13.8 Å². The Labute approximate surface area is 166 Å². The van der Waals surface area contributed by atoms with E-state index in [-0.39, 0.29) is 29.8 Å². The summed E-state index contributed by atoms with van der Waals surface area (Å²) < 4.78 is 4.85. The SMILES string of the molecule is CC(C)(Br)C(=O)OCC(ON1C(C)(C)CCCC1(C)C)c1ccccc1.